The van der Waals surface area contributed by atoms with Crippen LogP contribution in [0.4, 0.5) is 11.4 Å². The first-order valence-corrected chi connectivity index (χ1v) is 4.97. The third-order valence-corrected chi connectivity index (χ3v) is 2.39. The molecule has 0 fully saturated rings. The lowest BCUT2D eigenvalue weighted by Crippen LogP contribution is -2.16. The molecule has 1 aromatic rings. The monoisotopic (exact) mass is 256 g/mol. The molecule has 0 aromatic heterocycles. The quantitative estimate of drug-likeness (QED) is 0.435. The number of nitrogens with zero attached hydrogens (tertiary/aromatic N) is 2. The van der Waals surface area contributed by atoms with Gasteiger partial charge in [0.25, 0.3) is 11.4 Å². The molecule has 0 heterocycles. The lowest BCUT2D eigenvalue weighted by molar-refractivity contribution is -0.394. The largest absolute Gasteiger partial charge is 0.356 e. The van der Waals surface area contributed by atoms with Crippen LogP contribution in [-0.4, -0.2) is 30.4 Å². The normalized spacial score (nSPS) is 10.6. The van der Waals surface area contributed by atoms with Crippen molar-refractivity contribution in [2.45, 2.75) is 12.7 Å². The molecule has 0 unspecified atom stereocenters. The number of nitro benzene ring substituents is 2. The molecule has 98 valence electrons. The molecule has 0 aliphatic carbocycles. The second-order valence-corrected chi connectivity index (χ2v) is 3.43. The third kappa shape index (κ3) is 3.22. The molecule has 0 atom stereocenters. The van der Waals surface area contributed by atoms with Crippen molar-refractivity contribution in [1.82, 2.24) is 0 Å². The minimum Gasteiger partial charge on any atom is -0.356 e. The summed E-state index contributed by atoms with van der Waals surface area (Å²) in [7, 11) is 2.82. The van der Waals surface area contributed by atoms with Crippen molar-refractivity contribution in [3.8, 4) is 0 Å². The van der Waals surface area contributed by atoms with Gasteiger partial charge in [-0.05, 0) is 6.07 Å². The Morgan fingerprint density at radius 1 is 1.17 bits per heavy atom. The van der Waals surface area contributed by atoms with Crippen LogP contribution < -0.4 is 0 Å². The molecule has 18 heavy (non-hydrogen) atoms. The molecule has 8 nitrogen and oxygen atoms in total. The van der Waals surface area contributed by atoms with E-state index in [9.17, 15) is 20.2 Å². The third-order valence-electron chi connectivity index (χ3n) is 2.39. The molecule has 0 aliphatic heterocycles. The number of non-ortho nitro benzene ring substituents is 1. The zero-order valence-electron chi connectivity index (χ0n) is 9.86. The molecule has 0 aliphatic rings. The van der Waals surface area contributed by atoms with Crippen LogP contribution in [0.3, 0.4) is 0 Å². The maximum atomic E-state index is 10.9. The van der Waals surface area contributed by atoms with Crippen molar-refractivity contribution in [3.63, 3.8) is 0 Å². The zero-order chi connectivity index (χ0) is 13.7. The Kier molecular flexibility index (Phi) is 4.69. The molecule has 0 saturated heterocycles. The van der Waals surface area contributed by atoms with Gasteiger partial charge in [-0.25, -0.2) is 0 Å². The Morgan fingerprint density at radius 2 is 1.78 bits per heavy atom. The van der Waals surface area contributed by atoms with Gasteiger partial charge in [0.2, 0.25) is 0 Å². The van der Waals surface area contributed by atoms with Crippen LogP contribution in [-0.2, 0) is 15.9 Å². The van der Waals surface area contributed by atoms with Crippen molar-refractivity contribution in [2.24, 2.45) is 0 Å². The predicted molar refractivity (Wildman–Crippen MR) is 61.3 cm³/mol. The first kappa shape index (κ1) is 14.0. The highest BCUT2D eigenvalue weighted by Gasteiger charge is 2.21. The van der Waals surface area contributed by atoms with E-state index in [0.29, 0.717) is 5.56 Å². The lowest BCUT2D eigenvalue weighted by atomic mass is 10.1. The summed E-state index contributed by atoms with van der Waals surface area (Å²) >= 11 is 0. The second-order valence-electron chi connectivity index (χ2n) is 3.43. The molecule has 0 radical (unpaired) electrons. The summed E-state index contributed by atoms with van der Waals surface area (Å²) in [5.74, 6) is 0. The minimum atomic E-state index is -0.680. The summed E-state index contributed by atoms with van der Waals surface area (Å²) in [6.45, 7) is 0. The number of hydrogen-bond donors (Lipinski definition) is 0. The van der Waals surface area contributed by atoms with E-state index in [4.69, 9.17) is 9.47 Å². The Balaban J connectivity index is 3.11. The van der Waals surface area contributed by atoms with E-state index in [1.807, 2.05) is 0 Å². The van der Waals surface area contributed by atoms with Gasteiger partial charge < -0.3 is 9.47 Å². The summed E-state index contributed by atoms with van der Waals surface area (Å²) in [4.78, 5) is 20.1. The van der Waals surface area contributed by atoms with E-state index in [0.717, 1.165) is 6.07 Å². The van der Waals surface area contributed by atoms with Crippen LogP contribution in [0.1, 0.15) is 5.56 Å². The molecular formula is C10H12N2O6. The zero-order valence-corrected chi connectivity index (χ0v) is 9.86. The van der Waals surface area contributed by atoms with Gasteiger partial charge >= 0.3 is 0 Å². The van der Waals surface area contributed by atoms with E-state index in [-0.39, 0.29) is 17.8 Å². The van der Waals surface area contributed by atoms with Crippen LogP contribution in [0.15, 0.2) is 18.2 Å². The van der Waals surface area contributed by atoms with Crippen molar-refractivity contribution in [1.29, 1.82) is 0 Å². The summed E-state index contributed by atoms with van der Waals surface area (Å²) in [6, 6.07) is 3.48. The van der Waals surface area contributed by atoms with Gasteiger partial charge in [-0.15, -0.1) is 0 Å². The molecule has 1 aromatic carbocycles. The minimum absolute atomic E-state index is 0.140. The highest BCUT2D eigenvalue weighted by Crippen LogP contribution is 2.26. The van der Waals surface area contributed by atoms with E-state index in [1.165, 1.54) is 26.4 Å². The highest BCUT2D eigenvalue weighted by atomic mass is 16.7. The number of methoxy groups -OCH3 is 2. The Bertz CT molecular complexity index is 458. The fourth-order valence-electron chi connectivity index (χ4n) is 1.45. The topological polar surface area (TPSA) is 105 Å². The summed E-state index contributed by atoms with van der Waals surface area (Å²) in [5, 5.41) is 21.4. The van der Waals surface area contributed by atoms with Crippen molar-refractivity contribution < 1.29 is 19.3 Å². The molecule has 0 spiro atoms. The van der Waals surface area contributed by atoms with Gasteiger partial charge in [0.15, 0.2) is 6.29 Å². The van der Waals surface area contributed by atoms with Gasteiger partial charge in [0.1, 0.15) is 0 Å². The average Bonchev–Trinajstić information content (AvgIpc) is 2.35. The SMILES string of the molecule is COC(Cc1ccc([N+](=O)[O-])cc1[N+](=O)[O-])OC. The molecular weight excluding hydrogens is 244 g/mol. The number of rotatable bonds is 6. The number of hydrogen-bond acceptors (Lipinski definition) is 6. The molecule has 0 bridgehead atoms. The first-order chi connectivity index (χ1) is 8.49. The summed E-state index contributed by atoms with van der Waals surface area (Å²) in [5.41, 5.74) is -0.320. The van der Waals surface area contributed by atoms with Gasteiger partial charge in [0.05, 0.1) is 15.9 Å². The molecule has 8 heteroatoms. The van der Waals surface area contributed by atoms with E-state index in [2.05, 4.69) is 0 Å². The number of benzene rings is 1. The van der Waals surface area contributed by atoms with Gasteiger partial charge in [0, 0.05) is 32.3 Å². The van der Waals surface area contributed by atoms with Gasteiger partial charge in [-0.1, -0.05) is 0 Å². The molecule has 1 rings (SSSR count). The van der Waals surface area contributed by atoms with Crippen molar-refractivity contribution >= 4 is 11.4 Å². The predicted octanol–water partition coefficient (Wildman–Crippen LogP) is 1.66. The van der Waals surface area contributed by atoms with E-state index >= 15 is 0 Å². The second kappa shape index (κ2) is 6.03. The fourth-order valence-corrected chi connectivity index (χ4v) is 1.45. The summed E-state index contributed by atoms with van der Waals surface area (Å²) < 4.78 is 9.87. The van der Waals surface area contributed by atoms with Crippen LogP contribution in [0.5, 0.6) is 0 Å². The van der Waals surface area contributed by atoms with Crippen molar-refractivity contribution in [3.05, 3.63) is 44.0 Å². The van der Waals surface area contributed by atoms with Crippen LogP contribution in [0.25, 0.3) is 0 Å². The smallest absolute Gasteiger partial charge is 0.279 e. The number of nitro groups is 2. The molecule has 0 amide bonds. The van der Waals surface area contributed by atoms with Gasteiger partial charge in [-0.2, -0.15) is 0 Å². The van der Waals surface area contributed by atoms with E-state index in [1.54, 1.807) is 0 Å². The Morgan fingerprint density at radius 3 is 2.22 bits per heavy atom. The maximum Gasteiger partial charge on any atom is 0.279 e. The van der Waals surface area contributed by atoms with Crippen LogP contribution in [0.2, 0.25) is 0 Å². The molecule has 0 saturated carbocycles. The van der Waals surface area contributed by atoms with Crippen LogP contribution >= 0.6 is 0 Å². The molecule has 0 N–H and O–H groups in total. The standard InChI is InChI=1S/C10H12N2O6/c1-17-10(18-2)5-7-3-4-8(11(13)14)6-9(7)12(15)16/h3-4,6,10H,5H2,1-2H3. The first-order valence-electron chi connectivity index (χ1n) is 4.97. The lowest BCUT2D eigenvalue weighted by Gasteiger charge is -2.12. The van der Waals surface area contributed by atoms with E-state index < -0.39 is 16.1 Å². The number of ether oxygens (including phenoxy) is 2. The Hall–Kier alpha value is -2.06. The Labute approximate surface area is 102 Å². The van der Waals surface area contributed by atoms with Crippen LogP contribution in [0, 0.1) is 20.2 Å². The maximum absolute atomic E-state index is 10.9. The van der Waals surface area contributed by atoms with Gasteiger partial charge in [-0.3, -0.25) is 20.2 Å². The van der Waals surface area contributed by atoms with Crippen molar-refractivity contribution in [2.75, 3.05) is 14.2 Å². The fraction of sp³-hybridized carbons (Fsp3) is 0.400. The highest BCUT2D eigenvalue weighted by molar-refractivity contribution is 5.49. The average molecular weight is 256 g/mol. The summed E-state index contributed by atoms with van der Waals surface area (Å²) in [6.07, 6.45) is -0.494.